The molecule has 1 N–H and O–H groups in total. The Morgan fingerprint density at radius 3 is 2.56 bits per heavy atom. The van der Waals surface area contributed by atoms with Crippen LogP contribution in [0.15, 0.2) is 40.9 Å². The summed E-state index contributed by atoms with van der Waals surface area (Å²) in [5.74, 6) is 0.289. The second-order valence-electron chi connectivity index (χ2n) is 6.64. The van der Waals surface area contributed by atoms with E-state index in [0.29, 0.717) is 27.3 Å². The predicted octanol–water partition coefficient (Wildman–Crippen LogP) is 3.44. The van der Waals surface area contributed by atoms with E-state index in [2.05, 4.69) is 21.2 Å². The van der Waals surface area contributed by atoms with Gasteiger partial charge in [-0.25, -0.2) is 4.79 Å². The van der Waals surface area contributed by atoms with Crippen LogP contribution in [0.2, 0.25) is 0 Å². The van der Waals surface area contributed by atoms with Crippen LogP contribution in [0.4, 0.5) is 4.79 Å². The van der Waals surface area contributed by atoms with Crippen LogP contribution >= 0.6 is 15.9 Å². The van der Waals surface area contributed by atoms with Crippen LogP contribution in [0.1, 0.15) is 28.9 Å². The molecule has 1 aliphatic rings. The predicted molar refractivity (Wildman–Crippen MR) is 116 cm³/mol. The third-order valence-corrected chi connectivity index (χ3v) is 5.28. The van der Waals surface area contributed by atoms with E-state index in [0.717, 1.165) is 0 Å². The molecule has 1 heterocycles. The van der Waals surface area contributed by atoms with Gasteiger partial charge in [0, 0.05) is 0 Å². The number of halogens is 1. The zero-order chi connectivity index (χ0) is 23.3. The third-order valence-electron chi connectivity index (χ3n) is 4.66. The molecule has 32 heavy (non-hydrogen) atoms. The first-order valence-electron chi connectivity index (χ1n) is 9.70. The van der Waals surface area contributed by atoms with Crippen molar-refractivity contribution in [3.8, 4) is 17.2 Å². The molecule has 0 aliphatic carbocycles. The normalized spacial score (nSPS) is 16.9. The van der Waals surface area contributed by atoms with Gasteiger partial charge in [-0.1, -0.05) is 6.07 Å². The Balaban J connectivity index is 1.91. The molecule has 9 nitrogen and oxygen atoms in total. The molecule has 1 unspecified atom stereocenters. The van der Waals surface area contributed by atoms with Gasteiger partial charge in [0.15, 0.2) is 6.10 Å². The molecule has 2 atom stereocenters. The highest BCUT2D eigenvalue weighted by Crippen LogP contribution is 2.40. The lowest BCUT2D eigenvalue weighted by Crippen LogP contribution is -2.43. The Kier molecular flexibility index (Phi) is 7.57. The number of alkyl carbamates (subject to hydrolysis) is 1. The number of rotatable bonds is 7. The molecule has 0 aromatic heterocycles. The summed E-state index contributed by atoms with van der Waals surface area (Å²) >= 11 is 3.41. The molecule has 0 saturated heterocycles. The van der Waals surface area contributed by atoms with Gasteiger partial charge < -0.3 is 29.0 Å². The lowest BCUT2D eigenvalue weighted by Gasteiger charge is -2.32. The van der Waals surface area contributed by atoms with Gasteiger partial charge in [0.25, 0.3) is 0 Å². The Hall–Kier alpha value is -3.27. The SMILES string of the molecule is CCOC(=O)CNC(=O)OC1C(=O)c2cc(OC)ccc2O[C@H]1c1ccc(OC)c(Br)c1. The summed E-state index contributed by atoms with van der Waals surface area (Å²) in [6.45, 7) is 1.44. The van der Waals surface area contributed by atoms with Gasteiger partial charge in [0.1, 0.15) is 23.8 Å². The highest BCUT2D eigenvalue weighted by molar-refractivity contribution is 9.10. The second kappa shape index (κ2) is 10.4. The van der Waals surface area contributed by atoms with E-state index in [-0.39, 0.29) is 12.2 Å². The molecule has 0 fully saturated rings. The van der Waals surface area contributed by atoms with E-state index in [4.69, 9.17) is 23.7 Å². The molecular weight excluding hydrogens is 486 g/mol. The molecule has 0 radical (unpaired) electrons. The number of benzene rings is 2. The molecule has 2 aromatic carbocycles. The van der Waals surface area contributed by atoms with Crippen LogP contribution in [0.3, 0.4) is 0 Å². The summed E-state index contributed by atoms with van der Waals surface area (Å²) in [6, 6.07) is 9.94. The van der Waals surface area contributed by atoms with Gasteiger partial charge in [-0.15, -0.1) is 0 Å². The van der Waals surface area contributed by atoms with Gasteiger partial charge >= 0.3 is 12.1 Å². The lowest BCUT2D eigenvalue weighted by molar-refractivity contribution is -0.141. The highest BCUT2D eigenvalue weighted by atomic mass is 79.9. The van der Waals surface area contributed by atoms with Crippen LogP contribution in [-0.2, 0) is 14.3 Å². The first-order valence-corrected chi connectivity index (χ1v) is 10.5. The summed E-state index contributed by atoms with van der Waals surface area (Å²) in [4.78, 5) is 37.1. The number of carbonyl (C=O) groups is 3. The van der Waals surface area contributed by atoms with Crippen LogP contribution in [0, 0.1) is 0 Å². The zero-order valence-corrected chi connectivity index (χ0v) is 19.3. The molecule has 0 spiro atoms. The second-order valence-corrected chi connectivity index (χ2v) is 7.50. The van der Waals surface area contributed by atoms with Crippen molar-refractivity contribution in [1.82, 2.24) is 5.32 Å². The molecule has 1 amide bonds. The Morgan fingerprint density at radius 2 is 1.91 bits per heavy atom. The van der Waals surface area contributed by atoms with E-state index in [9.17, 15) is 14.4 Å². The maximum atomic E-state index is 13.3. The largest absolute Gasteiger partial charge is 0.497 e. The van der Waals surface area contributed by atoms with Gasteiger partial charge in [-0.05, 0) is 58.7 Å². The molecule has 2 aromatic rings. The molecule has 170 valence electrons. The van der Waals surface area contributed by atoms with Crippen molar-refractivity contribution in [2.75, 3.05) is 27.4 Å². The van der Waals surface area contributed by atoms with Gasteiger partial charge in [0.05, 0.1) is 30.9 Å². The van der Waals surface area contributed by atoms with Gasteiger partial charge in [0.2, 0.25) is 11.9 Å². The monoisotopic (exact) mass is 507 g/mol. The summed E-state index contributed by atoms with van der Waals surface area (Å²) in [5, 5.41) is 2.29. The number of esters is 1. The van der Waals surface area contributed by atoms with Gasteiger partial charge in [-0.2, -0.15) is 0 Å². The number of amides is 1. The maximum Gasteiger partial charge on any atom is 0.408 e. The van der Waals surface area contributed by atoms with E-state index < -0.39 is 36.6 Å². The fourth-order valence-electron chi connectivity index (χ4n) is 3.15. The summed E-state index contributed by atoms with van der Waals surface area (Å²) < 4.78 is 27.3. The highest BCUT2D eigenvalue weighted by Gasteiger charge is 2.41. The minimum Gasteiger partial charge on any atom is -0.497 e. The molecule has 0 saturated carbocycles. The molecule has 10 heteroatoms. The first-order chi connectivity index (χ1) is 15.4. The smallest absolute Gasteiger partial charge is 0.408 e. The summed E-state index contributed by atoms with van der Waals surface area (Å²) in [5.41, 5.74) is 0.798. The third kappa shape index (κ3) is 5.13. The number of carbonyl (C=O) groups excluding carboxylic acids is 3. The topological polar surface area (TPSA) is 109 Å². The number of nitrogens with one attached hydrogen (secondary N) is 1. The number of ether oxygens (including phenoxy) is 5. The van der Waals surface area contributed by atoms with Crippen molar-refractivity contribution < 1.29 is 38.1 Å². The van der Waals surface area contributed by atoms with E-state index >= 15 is 0 Å². The Labute approximate surface area is 193 Å². The van der Waals surface area contributed by atoms with Crippen molar-refractivity contribution in [2.45, 2.75) is 19.1 Å². The van der Waals surface area contributed by atoms with Crippen molar-refractivity contribution >= 4 is 33.8 Å². The van der Waals surface area contributed by atoms with Crippen molar-refractivity contribution in [3.63, 3.8) is 0 Å². The number of fused-ring (bicyclic) bond motifs is 1. The lowest BCUT2D eigenvalue weighted by atomic mass is 9.93. The number of methoxy groups -OCH3 is 2. The van der Waals surface area contributed by atoms with Crippen molar-refractivity contribution in [1.29, 1.82) is 0 Å². The van der Waals surface area contributed by atoms with Crippen molar-refractivity contribution in [3.05, 3.63) is 52.0 Å². The molecule has 3 rings (SSSR count). The van der Waals surface area contributed by atoms with Crippen LogP contribution in [0.25, 0.3) is 0 Å². The van der Waals surface area contributed by atoms with Gasteiger partial charge in [-0.3, -0.25) is 9.59 Å². The zero-order valence-electron chi connectivity index (χ0n) is 17.7. The van der Waals surface area contributed by atoms with Crippen molar-refractivity contribution in [2.24, 2.45) is 0 Å². The van der Waals surface area contributed by atoms with E-state index in [1.165, 1.54) is 20.3 Å². The Bertz CT molecular complexity index is 1020. The minimum absolute atomic E-state index is 0.178. The molecule has 1 aliphatic heterocycles. The molecule has 0 bridgehead atoms. The maximum absolute atomic E-state index is 13.3. The Morgan fingerprint density at radius 1 is 1.12 bits per heavy atom. The van der Waals surface area contributed by atoms with E-state index in [1.54, 1.807) is 37.3 Å². The fourth-order valence-corrected chi connectivity index (χ4v) is 3.71. The average Bonchev–Trinajstić information content (AvgIpc) is 2.79. The quantitative estimate of drug-likeness (QED) is 0.567. The number of hydrogen-bond acceptors (Lipinski definition) is 8. The average molecular weight is 508 g/mol. The first kappa shape index (κ1) is 23.4. The number of ketones is 1. The standard InChI is InChI=1S/C22H22BrNO8/c1-4-30-18(25)11-24-22(27)32-21-19(26)14-10-13(28-2)6-8-16(14)31-20(21)12-5-7-17(29-3)15(23)9-12/h5-10,20-21H,4,11H2,1-3H3,(H,24,27)/t20-,21?/m0/s1. The molecular formula is C22H22BrNO8. The number of Topliss-reactive ketones (excluding diaryl/α,β-unsaturated/α-hetero) is 1. The summed E-state index contributed by atoms with van der Waals surface area (Å²) in [6.07, 6.45) is -3.19. The van der Waals surface area contributed by atoms with Crippen LogP contribution in [0.5, 0.6) is 17.2 Å². The minimum atomic E-state index is -1.31. The number of hydrogen-bond donors (Lipinski definition) is 1. The van der Waals surface area contributed by atoms with E-state index in [1.807, 2.05) is 0 Å². The van der Waals surface area contributed by atoms with Crippen LogP contribution in [-0.4, -0.2) is 51.3 Å². The fraction of sp³-hybridized carbons (Fsp3) is 0.318. The summed E-state index contributed by atoms with van der Waals surface area (Å²) in [7, 11) is 3.01. The van der Waals surface area contributed by atoms with Crippen LogP contribution < -0.4 is 19.5 Å².